The van der Waals surface area contributed by atoms with E-state index in [9.17, 15) is 0 Å². The van der Waals surface area contributed by atoms with Gasteiger partial charge in [0.1, 0.15) is 17.0 Å². The molecule has 0 saturated carbocycles. The second-order valence-electron chi connectivity index (χ2n) is 17.3. The van der Waals surface area contributed by atoms with Gasteiger partial charge in [0.05, 0.1) is 0 Å². The first-order valence-electron chi connectivity index (χ1n) is 21.6. The minimum atomic E-state index is -0.0684. The third kappa shape index (κ3) is 6.88. The number of aromatic nitrogens is 2. The van der Waals surface area contributed by atoms with E-state index in [1.807, 2.05) is 36.5 Å². The molecular formula is C58H41N4O2Pt-3. The summed E-state index contributed by atoms with van der Waals surface area (Å²) in [4.78, 5) is 9.43. The molecule has 1 aliphatic rings. The average molecular weight is 1020 g/mol. The SMILES string of the molecule is CC(C)(C)c1ccnc(-n2c3[c-]c(Oc4[c-]c(N5[CH-]N(c6c(-c7ccccc7)cccc6-c6ccccc6)c6ccccc65)ccc4)ccc3c3c4oc5ccccc5c4ccc32)c1.[Pt]. The maximum atomic E-state index is 6.72. The molecular weight excluding hydrogens is 980 g/mol. The number of fused-ring (bicyclic) bond motifs is 8. The predicted molar refractivity (Wildman–Crippen MR) is 261 cm³/mol. The number of furan rings is 1. The number of para-hydroxylation sites is 4. The summed E-state index contributed by atoms with van der Waals surface area (Å²) in [6.45, 7) is 8.84. The molecule has 0 spiro atoms. The van der Waals surface area contributed by atoms with Crippen LogP contribution in [0.1, 0.15) is 26.3 Å². The van der Waals surface area contributed by atoms with Gasteiger partial charge in [-0.25, -0.2) is 4.98 Å². The molecule has 0 radical (unpaired) electrons. The maximum Gasteiger partial charge on any atom is 0.135 e. The summed E-state index contributed by atoms with van der Waals surface area (Å²) in [5.74, 6) is 1.94. The van der Waals surface area contributed by atoms with Crippen molar-refractivity contribution in [1.29, 1.82) is 0 Å². The predicted octanol–water partition coefficient (Wildman–Crippen LogP) is 15.5. The normalized spacial score (nSPS) is 12.6. The van der Waals surface area contributed by atoms with Crippen molar-refractivity contribution in [2.75, 3.05) is 9.80 Å². The quantitative estimate of drug-likeness (QED) is 0.149. The molecule has 0 bridgehead atoms. The van der Waals surface area contributed by atoms with Crippen LogP contribution in [0.4, 0.5) is 22.7 Å². The van der Waals surface area contributed by atoms with E-state index >= 15 is 0 Å². The number of pyridine rings is 1. The van der Waals surface area contributed by atoms with Gasteiger partial charge in [-0.15, -0.1) is 42.7 Å². The first-order chi connectivity index (χ1) is 31.4. The van der Waals surface area contributed by atoms with Crippen LogP contribution < -0.4 is 14.5 Å². The number of ether oxygens (including phenoxy) is 1. The molecule has 318 valence electrons. The topological polar surface area (TPSA) is 46.7 Å². The first-order valence-corrected chi connectivity index (χ1v) is 21.6. The molecule has 0 atom stereocenters. The van der Waals surface area contributed by atoms with Crippen LogP contribution >= 0.6 is 0 Å². The zero-order valence-corrected chi connectivity index (χ0v) is 38.2. The van der Waals surface area contributed by atoms with Crippen molar-refractivity contribution in [1.82, 2.24) is 9.55 Å². The molecule has 3 aromatic heterocycles. The van der Waals surface area contributed by atoms with Gasteiger partial charge in [-0.2, -0.15) is 12.1 Å². The molecule has 11 aromatic rings. The third-order valence-electron chi connectivity index (χ3n) is 12.3. The Labute approximate surface area is 392 Å². The molecule has 6 nitrogen and oxygen atoms in total. The Bertz CT molecular complexity index is 3510. The van der Waals surface area contributed by atoms with Crippen molar-refractivity contribution in [2.24, 2.45) is 0 Å². The smallest absolute Gasteiger partial charge is 0.135 e. The molecule has 0 unspecified atom stereocenters. The van der Waals surface area contributed by atoms with Gasteiger partial charge in [0, 0.05) is 83.2 Å². The Kier molecular flexibility index (Phi) is 9.93. The van der Waals surface area contributed by atoms with E-state index < -0.39 is 0 Å². The van der Waals surface area contributed by atoms with Crippen molar-refractivity contribution >= 4 is 66.5 Å². The Balaban J connectivity index is 0.00000469. The summed E-state index contributed by atoms with van der Waals surface area (Å²) in [6.07, 6.45) is 1.89. The average Bonchev–Trinajstić information content (AvgIpc) is 4.01. The second-order valence-corrected chi connectivity index (χ2v) is 17.3. The molecule has 1 aliphatic heterocycles. The number of rotatable bonds is 7. The van der Waals surface area contributed by atoms with E-state index in [1.165, 1.54) is 5.56 Å². The summed E-state index contributed by atoms with van der Waals surface area (Å²) in [7, 11) is 0. The van der Waals surface area contributed by atoms with E-state index in [-0.39, 0.29) is 26.5 Å². The fourth-order valence-electron chi connectivity index (χ4n) is 9.23. The van der Waals surface area contributed by atoms with Crippen LogP contribution in [0.5, 0.6) is 11.5 Å². The van der Waals surface area contributed by atoms with Crippen LogP contribution in [0.15, 0.2) is 193 Å². The van der Waals surface area contributed by atoms with Gasteiger partial charge >= 0.3 is 0 Å². The Morgan fingerprint density at radius 2 is 1.23 bits per heavy atom. The van der Waals surface area contributed by atoms with Gasteiger partial charge < -0.3 is 23.5 Å². The van der Waals surface area contributed by atoms with E-state index in [4.69, 9.17) is 14.1 Å². The molecule has 0 amide bonds. The number of nitrogens with zero attached hydrogens (tertiary/aromatic N) is 4. The number of anilines is 4. The Morgan fingerprint density at radius 3 is 1.97 bits per heavy atom. The van der Waals surface area contributed by atoms with Crippen LogP contribution in [-0.2, 0) is 26.5 Å². The van der Waals surface area contributed by atoms with Crippen LogP contribution in [-0.4, -0.2) is 9.55 Å². The van der Waals surface area contributed by atoms with Crippen molar-refractivity contribution in [2.45, 2.75) is 26.2 Å². The van der Waals surface area contributed by atoms with E-state index in [2.05, 4.69) is 206 Å². The molecule has 65 heavy (non-hydrogen) atoms. The molecule has 12 rings (SSSR count). The fraction of sp³-hybridized carbons (Fsp3) is 0.0690. The second kappa shape index (κ2) is 16.0. The maximum absolute atomic E-state index is 6.72. The van der Waals surface area contributed by atoms with E-state index in [1.54, 1.807) is 0 Å². The van der Waals surface area contributed by atoms with Gasteiger partial charge in [0.15, 0.2) is 0 Å². The number of benzene rings is 8. The van der Waals surface area contributed by atoms with Gasteiger partial charge in [-0.1, -0.05) is 141 Å². The minimum absolute atomic E-state index is 0. The standard InChI is InChI=1S/C58H41N4O2.Pt/c1-58(2,3)40-32-33-59-54(34-40)62-51-31-30-47-46-22-10-13-27-53(46)64-57(47)55(51)48-29-28-43(36-52(48)62)63-42-21-14-20-41(35-42)60-37-61(50-26-12-11-25-49(50)60)56-44(38-16-6-4-7-17-38)23-15-24-45(56)39-18-8-5-9-19-39;/h4-34,37H,1-3H3;/q-3;. The summed E-state index contributed by atoms with van der Waals surface area (Å²) in [5, 5.41) is 4.18. The number of hydrogen-bond donors (Lipinski definition) is 0. The Morgan fingerprint density at radius 1 is 0.585 bits per heavy atom. The summed E-state index contributed by atoms with van der Waals surface area (Å²) in [6, 6.07) is 70.5. The number of hydrogen-bond acceptors (Lipinski definition) is 5. The molecule has 7 heteroatoms. The van der Waals surface area contributed by atoms with Crippen molar-refractivity contribution in [3.05, 3.63) is 213 Å². The zero-order valence-electron chi connectivity index (χ0n) is 35.9. The summed E-state index contributed by atoms with van der Waals surface area (Å²) < 4.78 is 15.5. The first kappa shape index (κ1) is 40.4. The summed E-state index contributed by atoms with van der Waals surface area (Å²) >= 11 is 0. The van der Waals surface area contributed by atoms with Crippen molar-refractivity contribution in [3.63, 3.8) is 0 Å². The minimum Gasteiger partial charge on any atom is -0.509 e. The largest absolute Gasteiger partial charge is 0.509 e. The third-order valence-corrected chi connectivity index (χ3v) is 12.3. The fourth-order valence-corrected chi connectivity index (χ4v) is 9.23. The van der Waals surface area contributed by atoms with E-state index in [0.717, 1.165) is 94.6 Å². The molecule has 4 heterocycles. The zero-order chi connectivity index (χ0) is 42.9. The van der Waals surface area contributed by atoms with Crippen LogP contribution in [0, 0.1) is 18.8 Å². The van der Waals surface area contributed by atoms with Gasteiger partial charge in [-0.3, -0.25) is 0 Å². The van der Waals surface area contributed by atoms with Crippen LogP contribution in [0.25, 0.3) is 71.8 Å². The molecule has 0 N–H and O–H groups in total. The molecule has 0 fully saturated rings. The Hall–Kier alpha value is -7.40. The van der Waals surface area contributed by atoms with Crippen LogP contribution in [0.3, 0.4) is 0 Å². The molecule has 8 aromatic carbocycles. The van der Waals surface area contributed by atoms with Gasteiger partial charge in [0.2, 0.25) is 0 Å². The molecule has 0 saturated heterocycles. The van der Waals surface area contributed by atoms with Crippen molar-refractivity contribution < 1.29 is 30.2 Å². The van der Waals surface area contributed by atoms with Gasteiger partial charge in [0.25, 0.3) is 0 Å². The van der Waals surface area contributed by atoms with Gasteiger partial charge in [-0.05, 0) is 70.0 Å². The van der Waals surface area contributed by atoms with Crippen molar-refractivity contribution in [3.8, 4) is 39.6 Å². The summed E-state index contributed by atoms with van der Waals surface area (Å²) in [5.41, 5.74) is 13.3. The van der Waals surface area contributed by atoms with E-state index in [0.29, 0.717) is 11.5 Å². The monoisotopic (exact) mass is 1020 g/mol. The van der Waals surface area contributed by atoms with Crippen LogP contribution in [0.2, 0.25) is 0 Å². The molecule has 0 aliphatic carbocycles.